The van der Waals surface area contributed by atoms with Crippen molar-refractivity contribution in [2.75, 3.05) is 38.8 Å². The zero-order chi connectivity index (χ0) is 22.1. The van der Waals surface area contributed by atoms with Gasteiger partial charge in [-0.1, -0.05) is 18.2 Å². The summed E-state index contributed by atoms with van der Waals surface area (Å²) >= 11 is 0. The lowest BCUT2D eigenvalue weighted by Crippen LogP contribution is -2.51. The highest BCUT2D eigenvalue weighted by Crippen LogP contribution is 2.28. The normalized spacial score (nSPS) is 15.9. The SMILES string of the molecule is CCOc1cc(CNC(=NC)NC2CCCN(c3ccccc3C#N)C2)ccc1OC.I. The van der Waals surface area contributed by atoms with Gasteiger partial charge in [0.25, 0.3) is 0 Å². The summed E-state index contributed by atoms with van der Waals surface area (Å²) in [5, 5.41) is 16.3. The molecule has 2 N–H and O–H groups in total. The molecule has 0 bridgehead atoms. The summed E-state index contributed by atoms with van der Waals surface area (Å²) in [5.74, 6) is 2.23. The molecule has 172 valence electrons. The molecular formula is C24H32IN5O2. The lowest BCUT2D eigenvalue weighted by Gasteiger charge is -2.35. The van der Waals surface area contributed by atoms with Crippen LogP contribution in [-0.2, 0) is 6.54 Å². The summed E-state index contributed by atoms with van der Waals surface area (Å²) in [6.45, 7) is 4.95. The highest BCUT2D eigenvalue weighted by atomic mass is 127. The van der Waals surface area contributed by atoms with Crippen LogP contribution in [0.2, 0.25) is 0 Å². The number of piperidine rings is 1. The fourth-order valence-electron chi connectivity index (χ4n) is 3.83. The van der Waals surface area contributed by atoms with Crippen LogP contribution in [0.1, 0.15) is 30.9 Å². The first kappa shape index (κ1) is 25.6. The Bertz CT molecular complexity index is 944. The summed E-state index contributed by atoms with van der Waals surface area (Å²) in [6, 6.07) is 16.3. The van der Waals surface area contributed by atoms with Gasteiger partial charge < -0.3 is 25.0 Å². The lowest BCUT2D eigenvalue weighted by atomic mass is 10.0. The van der Waals surface area contributed by atoms with Gasteiger partial charge in [-0.2, -0.15) is 5.26 Å². The zero-order valence-electron chi connectivity index (χ0n) is 18.9. The predicted octanol–water partition coefficient (Wildman–Crippen LogP) is 3.92. The number of nitrogens with zero attached hydrogens (tertiary/aromatic N) is 3. The minimum absolute atomic E-state index is 0. The molecular weight excluding hydrogens is 517 g/mol. The molecule has 1 saturated heterocycles. The van der Waals surface area contributed by atoms with Crippen molar-refractivity contribution in [2.24, 2.45) is 4.99 Å². The van der Waals surface area contributed by atoms with Crippen LogP contribution >= 0.6 is 24.0 Å². The minimum Gasteiger partial charge on any atom is -0.493 e. The van der Waals surface area contributed by atoms with Gasteiger partial charge in [0.1, 0.15) is 6.07 Å². The number of anilines is 1. The van der Waals surface area contributed by atoms with Crippen molar-refractivity contribution in [3.8, 4) is 17.6 Å². The smallest absolute Gasteiger partial charge is 0.191 e. The van der Waals surface area contributed by atoms with Gasteiger partial charge in [-0.15, -0.1) is 24.0 Å². The van der Waals surface area contributed by atoms with Crippen LogP contribution in [0.15, 0.2) is 47.5 Å². The van der Waals surface area contributed by atoms with E-state index in [0.29, 0.717) is 13.2 Å². The molecule has 0 aliphatic carbocycles. The third kappa shape index (κ3) is 6.66. The summed E-state index contributed by atoms with van der Waals surface area (Å²) in [5.41, 5.74) is 2.80. The summed E-state index contributed by atoms with van der Waals surface area (Å²) in [4.78, 5) is 6.67. The fraction of sp³-hybridized carbons (Fsp3) is 0.417. The molecule has 0 radical (unpaired) electrons. The van der Waals surface area contributed by atoms with Crippen molar-refractivity contribution < 1.29 is 9.47 Å². The first-order valence-corrected chi connectivity index (χ1v) is 10.7. The number of nitriles is 1. The number of rotatable bonds is 7. The highest BCUT2D eigenvalue weighted by Gasteiger charge is 2.22. The van der Waals surface area contributed by atoms with Gasteiger partial charge >= 0.3 is 0 Å². The number of halogens is 1. The van der Waals surface area contributed by atoms with E-state index in [2.05, 4.69) is 26.6 Å². The van der Waals surface area contributed by atoms with E-state index in [1.54, 1.807) is 14.2 Å². The molecule has 1 heterocycles. The van der Waals surface area contributed by atoms with E-state index in [1.165, 1.54) is 0 Å². The van der Waals surface area contributed by atoms with Crippen LogP contribution in [0.4, 0.5) is 5.69 Å². The number of guanidine groups is 1. The topological polar surface area (TPSA) is 81.9 Å². The number of nitrogens with one attached hydrogen (secondary N) is 2. The monoisotopic (exact) mass is 549 g/mol. The van der Waals surface area contributed by atoms with E-state index < -0.39 is 0 Å². The van der Waals surface area contributed by atoms with E-state index in [4.69, 9.17) is 9.47 Å². The summed E-state index contributed by atoms with van der Waals surface area (Å²) < 4.78 is 11.0. The average Bonchev–Trinajstić information content (AvgIpc) is 2.82. The van der Waals surface area contributed by atoms with Crippen LogP contribution in [-0.4, -0.2) is 45.9 Å². The standard InChI is InChI=1S/C24H31N5O2.HI/c1-4-31-23-14-18(11-12-22(23)30-3)16-27-24(26-2)28-20-9-7-13-29(17-20)21-10-6-5-8-19(21)15-25;/h5-6,8,10-12,14,20H,4,7,9,13,16-17H2,1-3H3,(H2,26,27,28);1H. The second kappa shape index (κ2) is 13.0. The Balaban J connectivity index is 0.00000363. The third-order valence-electron chi connectivity index (χ3n) is 5.34. The number of ether oxygens (including phenoxy) is 2. The first-order valence-electron chi connectivity index (χ1n) is 10.7. The van der Waals surface area contributed by atoms with Crippen LogP contribution in [0.3, 0.4) is 0 Å². The molecule has 3 rings (SSSR count). The largest absolute Gasteiger partial charge is 0.493 e. The molecule has 2 aromatic rings. The number of aliphatic imine (C=N–C) groups is 1. The van der Waals surface area contributed by atoms with Crippen LogP contribution < -0.4 is 25.0 Å². The van der Waals surface area contributed by atoms with E-state index >= 15 is 0 Å². The Kier molecular flexibility index (Phi) is 10.4. The maximum absolute atomic E-state index is 9.42. The number of hydrogen-bond donors (Lipinski definition) is 2. The maximum atomic E-state index is 9.42. The van der Waals surface area contributed by atoms with Gasteiger partial charge in [0, 0.05) is 32.7 Å². The Morgan fingerprint density at radius 1 is 1.25 bits per heavy atom. The quantitative estimate of drug-likeness (QED) is 0.310. The number of hydrogen-bond acceptors (Lipinski definition) is 5. The number of benzene rings is 2. The minimum atomic E-state index is 0. The zero-order valence-corrected chi connectivity index (χ0v) is 21.3. The van der Waals surface area contributed by atoms with E-state index in [9.17, 15) is 5.26 Å². The second-order valence-corrected chi connectivity index (χ2v) is 7.40. The Morgan fingerprint density at radius 2 is 2.06 bits per heavy atom. The Hall–Kier alpha value is -2.67. The molecule has 1 atom stereocenters. The van der Waals surface area contributed by atoms with Gasteiger partial charge in [-0.25, -0.2) is 0 Å². The Labute approximate surface area is 207 Å². The maximum Gasteiger partial charge on any atom is 0.191 e. The molecule has 1 aliphatic heterocycles. The van der Waals surface area contributed by atoms with Gasteiger partial charge in [-0.05, 0) is 49.6 Å². The van der Waals surface area contributed by atoms with Crippen LogP contribution in [0, 0.1) is 11.3 Å². The molecule has 0 amide bonds. The van der Waals surface area contributed by atoms with Crippen LogP contribution in [0.25, 0.3) is 0 Å². The van der Waals surface area contributed by atoms with Crippen molar-refractivity contribution in [1.82, 2.24) is 10.6 Å². The van der Waals surface area contributed by atoms with Crippen molar-refractivity contribution in [3.63, 3.8) is 0 Å². The molecule has 1 unspecified atom stereocenters. The van der Waals surface area contributed by atoms with Crippen molar-refractivity contribution in [1.29, 1.82) is 5.26 Å². The number of para-hydroxylation sites is 1. The lowest BCUT2D eigenvalue weighted by molar-refractivity contribution is 0.310. The van der Waals surface area contributed by atoms with E-state index in [-0.39, 0.29) is 30.0 Å². The molecule has 0 aromatic heterocycles. The molecule has 1 fully saturated rings. The van der Waals surface area contributed by atoms with Gasteiger partial charge in [0.05, 0.1) is 25.0 Å². The molecule has 0 spiro atoms. The average molecular weight is 549 g/mol. The van der Waals surface area contributed by atoms with E-state index in [1.807, 2.05) is 49.4 Å². The molecule has 7 nitrogen and oxygen atoms in total. The summed E-state index contributed by atoms with van der Waals surface area (Å²) in [6.07, 6.45) is 2.12. The van der Waals surface area contributed by atoms with Crippen molar-refractivity contribution in [2.45, 2.75) is 32.4 Å². The second-order valence-electron chi connectivity index (χ2n) is 7.40. The van der Waals surface area contributed by atoms with Gasteiger partial charge in [0.15, 0.2) is 17.5 Å². The van der Waals surface area contributed by atoms with Crippen molar-refractivity contribution in [3.05, 3.63) is 53.6 Å². The number of methoxy groups -OCH3 is 1. The Morgan fingerprint density at radius 3 is 2.78 bits per heavy atom. The molecule has 32 heavy (non-hydrogen) atoms. The molecule has 2 aromatic carbocycles. The molecule has 1 aliphatic rings. The fourth-order valence-corrected chi connectivity index (χ4v) is 3.83. The molecule has 8 heteroatoms. The van der Waals surface area contributed by atoms with Crippen molar-refractivity contribution >= 4 is 35.6 Å². The van der Waals surface area contributed by atoms with Crippen LogP contribution in [0.5, 0.6) is 11.5 Å². The highest BCUT2D eigenvalue weighted by molar-refractivity contribution is 14.0. The van der Waals surface area contributed by atoms with Gasteiger partial charge in [-0.3, -0.25) is 4.99 Å². The molecule has 0 saturated carbocycles. The first-order chi connectivity index (χ1) is 15.2. The van der Waals surface area contributed by atoms with Gasteiger partial charge in [0.2, 0.25) is 0 Å². The predicted molar refractivity (Wildman–Crippen MR) is 139 cm³/mol. The third-order valence-corrected chi connectivity index (χ3v) is 5.34. The van der Waals surface area contributed by atoms with E-state index in [0.717, 1.165) is 60.2 Å². The summed E-state index contributed by atoms with van der Waals surface area (Å²) in [7, 11) is 3.42.